The lowest BCUT2D eigenvalue weighted by atomic mass is 10.0. The van der Waals surface area contributed by atoms with Crippen LogP contribution >= 0.6 is 0 Å². The molecule has 1 aromatic carbocycles. The fraction of sp³-hybridized carbons (Fsp3) is 0.478. The van der Waals surface area contributed by atoms with Gasteiger partial charge in [-0.2, -0.15) is 0 Å². The summed E-state index contributed by atoms with van der Waals surface area (Å²) < 4.78 is 0. The number of hydrogen-bond donors (Lipinski definition) is 6. The Kier molecular flexibility index (Phi) is 10.3. The second-order valence-corrected chi connectivity index (χ2v) is 8.62. The van der Waals surface area contributed by atoms with Crippen molar-refractivity contribution in [2.75, 3.05) is 6.54 Å². The predicted octanol–water partition coefficient (Wildman–Crippen LogP) is -2.26. The number of benzene rings is 1. The van der Waals surface area contributed by atoms with Crippen LogP contribution in [0.15, 0.2) is 30.3 Å². The van der Waals surface area contributed by atoms with E-state index in [1.807, 2.05) is 0 Å². The van der Waals surface area contributed by atoms with Crippen molar-refractivity contribution in [3.63, 3.8) is 0 Å². The average Bonchev–Trinajstić information content (AvgIpc) is 3.31. The van der Waals surface area contributed by atoms with Crippen LogP contribution in [0.4, 0.5) is 0 Å². The summed E-state index contributed by atoms with van der Waals surface area (Å²) in [6.07, 6.45) is 0.116. The van der Waals surface area contributed by atoms with Crippen molar-refractivity contribution in [3.05, 3.63) is 35.9 Å². The summed E-state index contributed by atoms with van der Waals surface area (Å²) in [4.78, 5) is 74.1. The van der Waals surface area contributed by atoms with Gasteiger partial charge in [-0.1, -0.05) is 30.3 Å². The Morgan fingerprint density at radius 2 is 1.67 bits per heavy atom. The van der Waals surface area contributed by atoms with Crippen LogP contribution in [-0.4, -0.2) is 76.2 Å². The smallest absolute Gasteiger partial charge is 0.326 e. The molecule has 36 heavy (non-hydrogen) atoms. The van der Waals surface area contributed by atoms with E-state index in [-0.39, 0.29) is 32.2 Å². The molecule has 4 atom stereocenters. The topological polar surface area (TPSA) is 228 Å². The first-order chi connectivity index (χ1) is 17.0. The van der Waals surface area contributed by atoms with Gasteiger partial charge in [-0.05, 0) is 24.8 Å². The quantitative estimate of drug-likeness (QED) is 0.171. The fourth-order valence-electron chi connectivity index (χ4n) is 3.94. The molecule has 1 fully saturated rings. The summed E-state index contributed by atoms with van der Waals surface area (Å²) in [5.74, 6) is -4.95. The SMILES string of the molecule is NC(=O)CCC(N)C(=O)N1CCCC1C(=O)NC(CC(N)=O)C(=O)NC(Cc1ccccc1)C(=O)O. The van der Waals surface area contributed by atoms with Gasteiger partial charge in [0, 0.05) is 19.4 Å². The van der Waals surface area contributed by atoms with Crippen LogP contribution in [0.1, 0.15) is 37.7 Å². The highest BCUT2D eigenvalue weighted by molar-refractivity contribution is 5.96. The molecule has 0 bridgehead atoms. The highest BCUT2D eigenvalue weighted by Crippen LogP contribution is 2.19. The lowest BCUT2D eigenvalue weighted by Gasteiger charge is -2.28. The number of carboxylic acids is 1. The minimum atomic E-state index is -1.45. The molecule has 0 aliphatic carbocycles. The van der Waals surface area contributed by atoms with Crippen molar-refractivity contribution in [2.24, 2.45) is 17.2 Å². The van der Waals surface area contributed by atoms with Gasteiger partial charge in [0.2, 0.25) is 29.5 Å². The number of rotatable bonds is 13. The standard InChI is InChI=1S/C23H32N6O7/c24-14(8-9-18(25)30)22(34)29-10-4-7-17(29)21(33)27-15(12-19(26)31)20(32)28-16(23(35)36)11-13-5-2-1-3-6-13/h1-3,5-6,14-17H,4,7-12,24H2,(H2,25,30)(H2,26,31)(H,27,33)(H,28,32)(H,35,36). The van der Waals surface area contributed by atoms with E-state index in [4.69, 9.17) is 17.2 Å². The van der Waals surface area contributed by atoms with Gasteiger partial charge in [0.05, 0.1) is 12.5 Å². The van der Waals surface area contributed by atoms with Crippen molar-refractivity contribution in [1.82, 2.24) is 15.5 Å². The summed E-state index contributed by atoms with van der Waals surface area (Å²) in [7, 11) is 0. The number of nitrogens with zero attached hydrogens (tertiary/aromatic N) is 1. The molecule has 2 rings (SSSR count). The third-order valence-corrected chi connectivity index (χ3v) is 5.79. The van der Waals surface area contributed by atoms with Crippen molar-refractivity contribution in [1.29, 1.82) is 0 Å². The number of hydrogen-bond acceptors (Lipinski definition) is 7. The number of carbonyl (C=O) groups excluding carboxylic acids is 5. The lowest BCUT2D eigenvalue weighted by molar-refractivity contribution is -0.143. The monoisotopic (exact) mass is 504 g/mol. The molecule has 13 nitrogen and oxygen atoms in total. The minimum absolute atomic E-state index is 0.0176. The van der Waals surface area contributed by atoms with Gasteiger partial charge < -0.3 is 37.8 Å². The number of nitrogens with two attached hydrogens (primary N) is 3. The zero-order valence-electron chi connectivity index (χ0n) is 19.7. The van der Waals surface area contributed by atoms with Crippen LogP contribution in [0.5, 0.6) is 0 Å². The Balaban J connectivity index is 2.09. The summed E-state index contributed by atoms with van der Waals surface area (Å²) >= 11 is 0. The van der Waals surface area contributed by atoms with Crippen molar-refractivity contribution >= 4 is 35.5 Å². The lowest BCUT2D eigenvalue weighted by Crippen LogP contribution is -2.57. The number of primary amides is 2. The summed E-state index contributed by atoms with van der Waals surface area (Å²) in [6.45, 7) is 0.242. The first-order valence-corrected chi connectivity index (χ1v) is 11.5. The van der Waals surface area contributed by atoms with Gasteiger partial charge in [-0.15, -0.1) is 0 Å². The van der Waals surface area contributed by atoms with E-state index >= 15 is 0 Å². The maximum absolute atomic E-state index is 13.0. The zero-order valence-corrected chi connectivity index (χ0v) is 19.7. The highest BCUT2D eigenvalue weighted by atomic mass is 16.4. The third kappa shape index (κ3) is 8.34. The molecule has 0 spiro atoms. The Labute approximate surface area is 207 Å². The maximum Gasteiger partial charge on any atom is 0.326 e. The van der Waals surface area contributed by atoms with Gasteiger partial charge in [-0.25, -0.2) is 4.79 Å². The van der Waals surface area contributed by atoms with Gasteiger partial charge in [0.15, 0.2) is 0 Å². The van der Waals surface area contributed by atoms with Crippen LogP contribution in [0.25, 0.3) is 0 Å². The minimum Gasteiger partial charge on any atom is -0.480 e. The molecule has 1 aliphatic heterocycles. The molecule has 9 N–H and O–H groups in total. The molecular formula is C23H32N6O7. The molecule has 0 saturated carbocycles. The number of amides is 5. The van der Waals surface area contributed by atoms with Crippen LogP contribution in [0, 0.1) is 0 Å². The summed E-state index contributed by atoms with van der Waals surface area (Å²) in [6, 6.07) is 3.84. The Morgan fingerprint density at radius 3 is 2.25 bits per heavy atom. The summed E-state index contributed by atoms with van der Waals surface area (Å²) in [5.41, 5.74) is 16.9. The van der Waals surface area contributed by atoms with Crippen LogP contribution in [0.2, 0.25) is 0 Å². The zero-order chi connectivity index (χ0) is 26.8. The number of likely N-dealkylation sites (tertiary alicyclic amines) is 1. The fourth-order valence-corrected chi connectivity index (χ4v) is 3.94. The molecule has 1 aliphatic rings. The average molecular weight is 505 g/mol. The van der Waals surface area contributed by atoms with Gasteiger partial charge >= 0.3 is 5.97 Å². The second kappa shape index (κ2) is 13.2. The Hall–Kier alpha value is -4.00. The largest absolute Gasteiger partial charge is 0.480 e. The molecule has 0 aromatic heterocycles. The van der Waals surface area contributed by atoms with E-state index in [0.717, 1.165) is 0 Å². The van der Waals surface area contributed by atoms with E-state index < -0.39 is 66.1 Å². The first-order valence-electron chi connectivity index (χ1n) is 11.5. The molecule has 4 unspecified atom stereocenters. The van der Waals surface area contributed by atoms with Crippen LogP contribution in [-0.2, 0) is 35.2 Å². The van der Waals surface area contributed by atoms with E-state index in [9.17, 15) is 33.9 Å². The molecule has 1 heterocycles. The molecule has 196 valence electrons. The van der Waals surface area contributed by atoms with E-state index in [2.05, 4.69) is 10.6 Å². The molecule has 5 amide bonds. The normalized spacial score (nSPS) is 17.5. The molecule has 13 heteroatoms. The molecule has 1 aromatic rings. The van der Waals surface area contributed by atoms with Crippen molar-refractivity contribution in [3.8, 4) is 0 Å². The van der Waals surface area contributed by atoms with E-state index in [0.29, 0.717) is 12.0 Å². The van der Waals surface area contributed by atoms with Gasteiger partial charge in [-0.3, -0.25) is 24.0 Å². The Morgan fingerprint density at radius 1 is 1.00 bits per heavy atom. The highest BCUT2D eigenvalue weighted by Gasteiger charge is 2.38. The number of aliphatic carboxylic acids is 1. The van der Waals surface area contributed by atoms with Crippen LogP contribution in [0.3, 0.4) is 0 Å². The number of nitrogens with one attached hydrogen (secondary N) is 2. The number of carbonyl (C=O) groups is 6. The predicted molar refractivity (Wildman–Crippen MR) is 127 cm³/mol. The molecule has 0 radical (unpaired) electrons. The number of carboxylic acid groups (broad SMARTS) is 1. The Bertz CT molecular complexity index is 986. The first kappa shape index (κ1) is 28.2. The summed E-state index contributed by atoms with van der Waals surface area (Å²) in [5, 5.41) is 14.3. The van der Waals surface area contributed by atoms with Crippen molar-refractivity contribution < 1.29 is 33.9 Å². The maximum atomic E-state index is 13.0. The van der Waals surface area contributed by atoms with Gasteiger partial charge in [0.25, 0.3) is 0 Å². The van der Waals surface area contributed by atoms with E-state index in [1.54, 1.807) is 30.3 Å². The van der Waals surface area contributed by atoms with Crippen LogP contribution < -0.4 is 27.8 Å². The second-order valence-electron chi connectivity index (χ2n) is 8.62. The van der Waals surface area contributed by atoms with E-state index in [1.165, 1.54) is 4.90 Å². The van der Waals surface area contributed by atoms with Crippen molar-refractivity contribution in [2.45, 2.75) is 62.7 Å². The third-order valence-electron chi connectivity index (χ3n) is 5.79. The molecular weight excluding hydrogens is 472 g/mol. The van der Waals surface area contributed by atoms with Gasteiger partial charge in [0.1, 0.15) is 18.1 Å². The molecule has 1 saturated heterocycles.